The SMILES string of the molecule is O=C1CC(c2ccc(S(=O)(=O)NCCc3ccc(Cl)cc3)cc2)CN1. The predicted octanol–water partition coefficient (Wildman–Crippen LogP) is 2.46. The normalized spacial score (nSPS) is 17.5. The summed E-state index contributed by atoms with van der Waals surface area (Å²) in [5.74, 6) is 0.146. The maximum atomic E-state index is 12.4. The monoisotopic (exact) mass is 378 g/mol. The van der Waals surface area contributed by atoms with Crippen LogP contribution in [-0.4, -0.2) is 27.4 Å². The zero-order valence-electron chi connectivity index (χ0n) is 13.5. The van der Waals surface area contributed by atoms with Crippen molar-refractivity contribution in [1.82, 2.24) is 10.0 Å². The van der Waals surface area contributed by atoms with Crippen molar-refractivity contribution in [2.75, 3.05) is 13.1 Å². The van der Waals surface area contributed by atoms with E-state index in [0.29, 0.717) is 31.0 Å². The Morgan fingerprint density at radius 2 is 1.76 bits per heavy atom. The Labute approximate surface area is 152 Å². The number of amides is 1. The highest BCUT2D eigenvalue weighted by Crippen LogP contribution is 2.24. The summed E-state index contributed by atoms with van der Waals surface area (Å²) in [5.41, 5.74) is 1.99. The van der Waals surface area contributed by atoms with Crippen molar-refractivity contribution in [1.29, 1.82) is 0 Å². The molecule has 1 unspecified atom stereocenters. The molecule has 0 bridgehead atoms. The fraction of sp³-hybridized carbons (Fsp3) is 0.278. The second kappa shape index (κ2) is 7.56. The van der Waals surface area contributed by atoms with Gasteiger partial charge in [0.15, 0.2) is 0 Å². The van der Waals surface area contributed by atoms with Crippen LogP contribution in [0.15, 0.2) is 53.4 Å². The third-order valence-electron chi connectivity index (χ3n) is 4.26. The molecule has 2 aromatic carbocycles. The third kappa shape index (κ3) is 4.60. The van der Waals surface area contributed by atoms with Gasteiger partial charge in [-0.05, 0) is 41.8 Å². The van der Waals surface area contributed by atoms with Crippen LogP contribution in [0.5, 0.6) is 0 Å². The molecule has 0 aromatic heterocycles. The summed E-state index contributed by atoms with van der Waals surface area (Å²) in [6.07, 6.45) is 1.04. The van der Waals surface area contributed by atoms with Gasteiger partial charge in [-0.1, -0.05) is 35.9 Å². The quantitative estimate of drug-likeness (QED) is 0.810. The molecular weight excluding hydrogens is 360 g/mol. The molecule has 1 aliphatic rings. The van der Waals surface area contributed by atoms with E-state index >= 15 is 0 Å². The van der Waals surface area contributed by atoms with Gasteiger partial charge in [0.2, 0.25) is 15.9 Å². The molecule has 25 heavy (non-hydrogen) atoms. The van der Waals surface area contributed by atoms with Gasteiger partial charge in [-0.25, -0.2) is 13.1 Å². The van der Waals surface area contributed by atoms with Crippen LogP contribution in [0.2, 0.25) is 5.02 Å². The van der Waals surface area contributed by atoms with Gasteiger partial charge in [-0.2, -0.15) is 0 Å². The molecule has 1 heterocycles. The smallest absolute Gasteiger partial charge is 0.240 e. The molecule has 0 aliphatic carbocycles. The van der Waals surface area contributed by atoms with Crippen LogP contribution >= 0.6 is 11.6 Å². The molecule has 2 aromatic rings. The second-order valence-electron chi connectivity index (χ2n) is 6.05. The lowest BCUT2D eigenvalue weighted by Crippen LogP contribution is -2.26. The number of carbonyl (C=O) groups is 1. The summed E-state index contributed by atoms with van der Waals surface area (Å²) < 4.78 is 27.3. The molecule has 7 heteroatoms. The zero-order valence-corrected chi connectivity index (χ0v) is 15.1. The van der Waals surface area contributed by atoms with Crippen LogP contribution in [0, 0.1) is 0 Å². The van der Waals surface area contributed by atoms with Crippen LogP contribution in [0.3, 0.4) is 0 Å². The summed E-state index contributed by atoms with van der Waals surface area (Å²) in [5, 5.41) is 3.44. The van der Waals surface area contributed by atoms with Crippen LogP contribution in [0.1, 0.15) is 23.5 Å². The topological polar surface area (TPSA) is 75.3 Å². The van der Waals surface area contributed by atoms with E-state index in [-0.39, 0.29) is 16.7 Å². The van der Waals surface area contributed by atoms with Gasteiger partial charge in [-0.15, -0.1) is 0 Å². The molecule has 0 spiro atoms. The maximum absolute atomic E-state index is 12.4. The summed E-state index contributed by atoms with van der Waals surface area (Å²) >= 11 is 5.83. The van der Waals surface area contributed by atoms with Crippen LogP contribution in [0.4, 0.5) is 0 Å². The largest absolute Gasteiger partial charge is 0.355 e. The third-order valence-corrected chi connectivity index (χ3v) is 5.99. The van der Waals surface area contributed by atoms with Crippen LogP contribution in [0.25, 0.3) is 0 Å². The number of hydrogen-bond acceptors (Lipinski definition) is 3. The van der Waals surface area contributed by atoms with E-state index in [1.54, 1.807) is 36.4 Å². The molecule has 132 valence electrons. The van der Waals surface area contributed by atoms with Gasteiger partial charge in [0.05, 0.1) is 4.90 Å². The molecule has 0 saturated carbocycles. The van der Waals surface area contributed by atoms with Crippen molar-refractivity contribution in [2.24, 2.45) is 0 Å². The molecule has 2 N–H and O–H groups in total. The molecule has 0 radical (unpaired) electrons. The Bertz CT molecular complexity index is 849. The first-order chi connectivity index (χ1) is 11.9. The molecule has 1 amide bonds. The first kappa shape index (κ1) is 17.9. The molecular formula is C18H19ClN2O3S. The van der Waals surface area contributed by atoms with Gasteiger partial charge in [0.25, 0.3) is 0 Å². The van der Waals surface area contributed by atoms with Crippen LogP contribution in [-0.2, 0) is 21.2 Å². The minimum Gasteiger partial charge on any atom is -0.355 e. The van der Waals surface area contributed by atoms with Crippen molar-refractivity contribution >= 4 is 27.5 Å². The lowest BCUT2D eigenvalue weighted by atomic mass is 9.99. The van der Waals surface area contributed by atoms with Gasteiger partial charge < -0.3 is 5.32 Å². The van der Waals surface area contributed by atoms with E-state index in [0.717, 1.165) is 11.1 Å². The van der Waals surface area contributed by atoms with Crippen molar-refractivity contribution in [2.45, 2.75) is 23.7 Å². The van der Waals surface area contributed by atoms with Gasteiger partial charge in [0, 0.05) is 30.5 Å². The van der Waals surface area contributed by atoms with Gasteiger partial charge >= 0.3 is 0 Å². The van der Waals surface area contributed by atoms with Crippen molar-refractivity contribution in [3.8, 4) is 0 Å². The molecule has 1 saturated heterocycles. The average molecular weight is 379 g/mol. The first-order valence-corrected chi connectivity index (χ1v) is 9.91. The minimum atomic E-state index is -3.55. The van der Waals surface area contributed by atoms with E-state index in [1.165, 1.54) is 0 Å². The highest BCUT2D eigenvalue weighted by Gasteiger charge is 2.23. The van der Waals surface area contributed by atoms with E-state index in [4.69, 9.17) is 11.6 Å². The summed E-state index contributed by atoms with van der Waals surface area (Å²) in [6, 6.07) is 14.0. The molecule has 3 rings (SSSR count). The Morgan fingerprint density at radius 3 is 2.36 bits per heavy atom. The van der Waals surface area contributed by atoms with E-state index in [1.807, 2.05) is 12.1 Å². The lowest BCUT2D eigenvalue weighted by Gasteiger charge is -2.10. The Kier molecular flexibility index (Phi) is 5.42. The fourth-order valence-corrected chi connectivity index (χ4v) is 3.98. The summed E-state index contributed by atoms with van der Waals surface area (Å²) in [6.45, 7) is 0.914. The number of rotatable bonds is 6. The van der Waals surface area contributed by atoms with Crippen molar-refractivity contribution < 1.29 is 13.2 Å². The Morgan fingerprint density at radius 1 is 1.08 bits per heavy atom. The minimum absolute atomic E-state index is 0.0329. The number of nitrogens with one attached hydrogen (secondary N) is 2. The van der Waals surface area contributed by atoms with Crippen LogP contribution < -0.4 is 10.0 Å². The highest BCUT2D eigenvalue weighted by atomic mass is 35.5. The predicted molar refractivity (Wildman–Crippen MR) is 97.2 cm³/mol. The Balaban J connectivity index is 1.59. The van der Waals surface area contributed by atoms with Crippen molar-refractivity contribution in [3.05, 3.63) is 64.7 Å². The standard InChI is InChI=1S/C18H19ClN2O3S/c19-16-5-1-13(2-6-16)9-10-21-25(23,24)17-7-3-14(4-8-17)15-11-18(22)20-12-15/h1-8,15,21H,9-12H2,(H,20,22). The van der Waals surface area contributed by atoms with Crippen molar-refractivity contribution in [3.63, 3.8) is 0 Å². The fourth-order valence-electron chi connectivity index (χ4n) is 2.82. The Hall–Kier alpha value is -1.89. The first-order valence-electron chi connectivity index (χ1n) is 8.05. The van der Waals surface area contributed by atoms with E-state index < -0.39 is 10.0 Å². The van der Waals surface area contributed by atoms with E-state index in [9.17, 15) is 13.2 Å². The van der Waals surface area contributed by atoms with Gasteiger partial charge in [0.1, 0.15) is 0 Å². The zero-order chi connectivity index (χ0) is 17.9. The number of sulfonamides is 1. The number of carbonyl (C=O) groups excluding carboxylic acids is 1. The maximum Gasteiger partial charge on any atom is 0.240 e. The number of hydrogen-bond donors (Lipinski definition) is 2. The lowest BCUT2D eigenvalue weighted by molar-refractivity contribution is -0.119. The highest BCUT2D eigenvalue weighted by molar-refractivity contribution is 7.89. The second-order valence-corrected chi connectivity index (χ2v) is 8.25. The van der Waals surface area contributed by atoms with Gasteiger partial charge in [-0.3, -0.25) is 4.79 Å². The summed E-state index contributed by atoms with van der Waals surface area (Å²) in [4.78, 5) is 11.5. The number of halogens is 1. The molecule has 5 nitrogen and oxygen atoms in total. The van der Waals surface area contributed by atoms with E-state index in [2.05, 4.69) is 10.0 Å². The summed E-state index contributed by atoms with van der Waals surface area (Å²) in [7, 11) is -3.55. The number of benzene rings is 2. The molecule has 1 atom stereocenters. The average Bonchev–Trinajstić information content (AvgIpc) is 3.03. The molecule has 1 aliphatic heterocycles. The molecule has 1 fully saturated rings.